The number of hydrazone groups is 1. The smallest absolute Gasteiger partial charge is 0.271 e. The Bertz CT molecular complexity index is 1140. The molecule has 0 spiro atoms. The van der Waals surface area contributed by atoms with Crippen molar-refractivity contribution >= 4 is 23.2 Å². The maximum absolute atomic E-state index is 13.0. The van der Waals surface area contributed by atoms with Gasteiger partial charge < -0.3 is 14.8 Å². The number of nitrogens with zero attached hydrogens (tertiary/aromatic N) is 1. The largest absolute Gasteiger partial charge is 0.493 e. The summed E-state index contributed by atoms with van der Waals surface area (Å²) in [7, 11) is 3.01. The number of carbonyl (C=O) groups excluding carboxylic acids is 2. The zero-order valence-electron chi connectivity index (χ0n) is 17.8. The average molecular weight is 435 g/mol. The summed E-state index contributed by atoms with van der Waals surface area (Å²) >= 11 is 0. The summed E-state index contributed by atoms with van der Waals surface area (Å²) in [5.41, 5.74) is 5.15. The van der Waals surface area contributed by atoms with Crippen LogP contribution in [0.2, 0.25) is 0 Å². The van der Waals surface area contributed by atoms with Crippen LogP contribution in [0.5, 0.6) is 11.5 Å². The Morgan fingerprint density at radius 3 is 2.00 bits per heavy atom. The number of ether oxygens (including phenoxy) is 2. The molecule has 8 heteroatoms. The van der Waals surface area contributed by atoms with Gasteiger partial charge in [0.05, 0.1) is 19.9 Å². The minimum absolute atomic E-state index is 0.342. The van der Waals surface area contributed by atoms with Crippen LogP contribution in [0, 0.1) is 5.82 Å². The van der Waals surface area contributed by atoms with Crippen LogP contribution in [0.25, 0.3) is 0 Å². The molecule has 0 saturated heterocycles. The number of benzene rings is 3. The molecule has 0 fully saturated rings. The molecule has 0 aliphatic rings. The first-order valence-electron chi connectivity index (χ1n) is 9.65. The van der Waals surface area contributed by atoms with E-state index in [1.165, 1.54) is 38.5 Å². The lowest BCUT2D eigenvalue weighted by Crippen LogP contribution is -2.19. The van der Waals surface area contributed by atoms with Crippen molar-refractivity contribution in [3.05, 3.63) is 89.2 Å². The van der Waals surface area contributed by atoms with Gasteiger partial charge in [-0.1, -0.05) is 12.1 Å². The molecule has 32 heavy (non-hydrogen) atoms. The molecule has 0 heterocycles. The number of rotatable bonds is 7. The third-order valence-electron chi connectivity index (χ3n) is 4.64. The van der Waals surface area contributed by atoms with E-state index in [1.807, 2.05) is 0 Å². The molecule has 3 aromatic carbocycles. The van der Waals surface area contributed by atoms with Crippen LogP contribution in [0.1, 0.15) is 33.2 Å². The topological polar surface area (TPSA) is 89.0 Å². The maximum Gasteiger partial charge on any atom is 0.271 e. The molecule has 0 saturated carbocycles. The van der Waals surface area contributed by atoms with Gasteiger partial charge in [0.25, 0.3) is 11.8 Å². The number of carbonyl (C=O) groups is 2. The van der Waals surface area contributed by atoms with E-state index in [-0.39, 0.29) is 5.91 Å². The molecular weight excluding hydrogens is 413 g/mol. The third kappa shape index (κ3) is 5.48. The lowest BCUT2D eigenvalue weighted by Gasteiger charge is -2.09. The summed E-state index contributed by atoms with van der Waals surface area (Å²) < 4.78 is 23.4. The molecule has 0 aliphatic carbocycles. The van der Waals surface area contributed by atoms with Gasteiger partial charge in [0.15, 0.2) is 11.5 Å². The second kappa shape index (κ2) is 10.2. The minimum atomic E-state index is -0.404. The molecule has 0 unspecified atom stereocenters. The number of halogens is 1. The average Bonchev–Trinajstić information content (AvgIpc) is 2.82. The van der Waals surface area contributed by atoms with E-state index in [4.69, 9.17) is 9.47 Å². The lowest BCUT2D eigenvalue weighted by molar-refractivity contribution is 0.0953. The fourth-order valence-electron chi connectivity index (χ4n) is 2.84. The zero-order valence-corrected chi connectivity index (χ0v) is 17.8. The van der Waals surface area contributed by atoms with Crippen LogP contribution in [-0.2, 0) is 0 Å². The van der Waals surface area contributed by atoms with Crippen LogP contribution in [0.15, 0.2) is 71.8 Å². The lowest BCUT2D eigenvalue weighted by atomic mass is 10.1. The summed E-state index contributed by atoms with van der Waals surface area (Å²) in [5, 5.41) is 6.88. The Morgan fingerprint density at radius 1 is 0.781 bits per heavy atom. The van der Waals surface area contributed by atoms with Crippen LogP contribution >= 0.6 is 0 Å². The van der Waals surface area contributed by atoms with E-state index in [1.54, 1.807) is 49.4 Å². The van der Waals surface area contributed by atoms with E-state index in [0.29, 0.717) is 34.0 Å². The van der Waals surface area contributed by atoms with E-state index >= 15 is 0 Å². The van der Waals surface area contributed by atoms with Gasteiger partial charge >= 0.3 is 0 Å². The van der Waals surface area contributed by atoms with Crippen molar-refractivity contribution in [3.8, 4) is 11.5 Å². The van der Waals surface area contributed by atoms with Gasteiger partial charge in [0, 0.05) is 16.8 Å². The predicted octanol–water partition coefficient (Wildman–Crippen LogP) is 4.25. The summed E-state index contributed by atoms with van der Waals surface area (Å²) in [5.74, 6) is -0.174. The highest BCUT2D eigenvalue weighted by Crippen LogP contribution is 2.27. The Hall–Kier alpha value is -4.20. The van der Waals surface area contributed by atoms with Gasteiger partial charge in [-0.2, -0.15) is 5.10 Å². The highest BCUT2D eigenvalue weighted by molar-refractivity contribution is 6.05. The van der Waals surface area contributed by atoms with Crippen molar-refractivity contribution in [2.24, 2.45) is 5.10 Å². The second-order valence-corrected chi connectivity index (χ2v) is 6.75. The van der Waals surface area contributed by atoms with E-state index in [2.05, 4.69) is 15.8 Å². The number of methoxy groups -OCH3 is 2. The second-order valence-electron chi connectivity index (χ2n) is 6.75. The Balaban J connectivity index is 1.63. The highest BCUT2D eigenvalue weighted by atomic mass is 19.1. The van der Waals surface area contributed by atoms with Crippen molar-refractivity contribution in [1.82, 2.24) is 5.43 Å². The predicted molar refractivity (Wildman–Crippen MR) is 120 cm³/mol. The van der Waals surface area contributed by atoms with Crippen LogP contribution < -0.4 is 20.2 Å². The SMILES string of the molecule is COc1ccc(C(=O)NN=C(C)c2ccc(NC(=O)c3ccc(F)cc3)cc2)cc1OC. The van der Waals surface area contributed by atoms with Gasteiger partial charge in [-0.15, -0.1) is 0 Å². The van der Waals surface area contributed by atoms with Gasteiger partial charge in [0.2, 0.25) is 0 Å². The fourth-order valence-corrected chi connectivity index (χ4v) is 2.84. The maximum atomic E-state index is 13.0. The fraction of sp³-hybridized carbons (Fsp3) is 0.125. The zero-order chi connectivity index (χ0) is 23.1. The molecular formula is C24H22FN3O4. The summed E-state index contributed by atoms with van der Waals surface area (Å²) in [6, 6.07) is 17.1. The number of hydrogen-bond donors (Lipinski definition) is 2. The quantitative estimate of drug-likeness (QED) is 0.429. The summed E-state index contributed by atoms with van der Waals surface area (Å²) in [6.07, 6.45) is 0. The first-order chi connectivity index (χ1) is 15.4. The normalized spacial score (nSPS) is 10.9. The van der Waals surface area contributed by atoms with Gasteiger partial charge in [-0.25, -0.2) is 9.82 Å². The molecule has 0 radical (unpaired) electrons. The van der Waals surface area contributed by atoms with Gasteiger partial charge in [0.1, 0.15) is 5.82 Å². The number of anilines is 1. The Morgan fingerprint density at radius 2 is 1.38 bits per heavy atom. The molecule has 0 aromatic heterocycles. The Kier molecular flexibility index (Phi) is 7.17. The molecule has 0 bridgehead atoms. The van der Waals surface area contributed by atoms with Crippen molar-refractivity contribution in [1.29, 1.82) is 0 Å². The van der Waals surface area contributed by atoms with E-state index < -0.39 is 11.7 Å². The van der Waals surface area contributed by atoms with Crippen LogP contribution in [0.4, 0.5) is 10.1 Å². The van der Waals surface area contributed by atoms with E-state index in [9.17, 15) is 14.0 Å². The van der Waals surface area contributed by atoms with E-state index in [0.717, 1.165) is 5.56 Å². The highest BCUT2D eigenvalue weighted by Gasteiger charge is 2.11. The van der Waals surface area contributed by atoms with Crippen molar-refractivity contribution in [2.45, 2.75) is 6.92 Å². The molecule has 3 aromatic rings. The number of hydrogen-bond acceptors (Lipinski definition) is 5. The van der Waals surface area contributed by atoms with Crippen LogP contribution in [-0.4, -0.2) is 31.7 Å². The van der Waals surface area contributed by atoms with Gasteiger partial charge in [-0.3, -0.25) is 9.59 Å². The Labute approximate surface area is 184 Å². The molecule has 0 atom stereocenters. The van der Waals surface area contributed by atoms with Crippen molar-refractivity contribution in [2.75, 3.05) is 19.5 Å². The first kappa shape index (κ1) is 22.5. The molecule has 164 valence electrons. The molecule has 2 amide bonds. The molecule has 7 nitrogen and oxygen atoms in total. The number of amides is 2. The minimum Gasteiger partial charge on any atom is -0.493 e. The van der Waals surface area contributed by atoms with Gasteiger partial charge in [-0.05, 0) is 67.1 Å². The molecule has 3 rings (SSSR count). The summed E-state index contributed by atoms with van der Waals surface area (Å²) in [6.45, 7) is 1.75. The standard InChI is InChI=1S/C24H22FN3O4/c1-15(27-28-24(30)18-8-13-21(31-2)22(14-18)32-3)16-6-11-20(12-7-16)26-23(29)17-4-9-19(25)10-5-17/h4-14H,1-3H3,(H,26,29)(H,28,30). The monoisotopic (exact) mass is 435 g/mol. The molecule has 2 N–H and O–H groups in total. The van der Waals surface area contributed by atoms with Crippen molar-refractivity contribution in [3.63, 3.8) is 0 Å². The summed E-state index contributed by atoms with van der Waals surface area (Å²) in [4.78, 5) is 24.6. The first-order valence-corrected chi connectivity index (χ1v) is 9.65. The third-order valence-corrected chi connectivity index (χ3v) is 4.64. The van der Waals surface area contributed by atoms with Crippen molar-refractivity contribution < 1.29 is 23.5 Å². The molecule has 0 aliphatic heterocycles. The number of nitrogens with one attached hydrogen (secondary N) is 2. The van der Waals surface area contributed by atoms with Crippen LogP contribution in [0.3, 0.4) is 0 Å².